The summed E-state index contributed by atoms with van der Waals surface area (Å²) in [6, 6.07) is 6.99. The van der Waals surface area contributed by atoms with E-state index < -0.39 is 6.04 Å². The maximum absolute atomic E-state index is 12.1. The number of amides is 2. The first-order valence-electron chi connectivity index (χ1n) is 6.79. The quantitative estimate of drug-likeness (QED) is 0.925. The van der Waals surface area contributed by atoms with Gasteiger partial charge in [-0.2, -0.15) is 0 Å². The zero-order valence-electron chi connectivity index (χ0n) is 11.7. The number of nitrogens with one attached hydrogen (secondary N) is 1. The molecule has 5 heteroatoms. The van der Waals surface area contributed by atoms with E-state index in [2.05, 4.69) is 5.32 Å². The fourth-order valence-corrected chi connectivity index (χ4v) is 2.62. The standard InChI is InChI=1S/C15H19ClN2O2/c1-10(2)6-13-15(20)17-8-14(19)18(13)9-11-4-3-5-12(16)7-11/h3-5,7,10,13H,6,8-9H2,1-2H3,(H,17,20). The summed E-state index contributed by atoms with van der Waals surface area (Å²) < 4.78 is 0. The Bertz CT molecular complexity index is 516. The number of carbonyl (C=O) groups excluding carboxylic acids is 2. The highest BCUT2D eigenvalue weighted by Crippen LogP contribution is 2.19. The van der Waals surface area contributed by atoms with E-state index >= 15 is 0 Å². The minimum absolute atomic E-state index is 0.0461. The lowest BCUT2D eigenvalue weighted by Gasteiger charge is -2.36. The van der Waals surface area contributed by atoms with E-state index in [1.54, 1.807) is 11.0 Å². The Hall–Kier alpha value is -1.55. The number of halogens is 1. The molecule has 0 aromatic heterocycles. The molecule has 108 valence electrons. The molecule has 0 spiro atoms. The minimum atomic E-state index is -0.393. The third kappa shape index (κ3) is 3.51. The molecule has 1 aliphatic rings. The summed E-state index contributed by atoms with van der Waals surface area (Å²) in [5.41, 5.74) is 0.939. The third-order valence-corrected chi connectivity index (χ3v) is 3.58. The van der Waals surface area contributed by atoms with Crippen LogP contribution >= 0.6 is 11.6 Å². The lowest BCUT2D eigenvalue weighted by molar-refractivity contribution is -0.146. The highest BCUT2D eigenvalue weighted by Gasteiger charge is 2.34. The minimum Gasteiger partial charge on any atom is -0.345 e. The molecule has 1 aliphatic heterocycles. The average Bonchev–Trinajstić information content (AvgIpc) is 2.38. The second-order valence-electron chi connectivity index (χ2n) is 5.51. The number of hydrogen-bond acceptors (Lipinski definition) is 2. The van der Waals surface area contributed by atoms with Gasteiger partial charge in [0, 0.05) is 11.6 Å². The van der Waals surface area contributed by atoms with E-state index in [-0.39, 0.29) is 18.4 Å². The van der Waals surface area contributed by atoms with Crippen LogP contribution in [0.2, 0.25) is 5.02 Å². The van der Waals surface area contributed by atoms with Crippen molar-refractivity contribution in [3.8, 4) is 0 Å². The van der Waals surface area contributed by atoms with Gasteiger partial charge >= 0.3 is 0 Å². The van der Waals surface area contributed by atoms with Gasteiger partial charge in [-0.3, -0.25) is 9.59 Å². The Morgan fingerprint density at radius 3 is 2.80 bits per heavy atom. The molecule has 0 radical (unpaired) electrons. The van der Waals surface area contributed by atoms with Gasteiger partial charge in [-0.1, -0.05) is 37.6 Å². The van der Waals surface area contributed by atoms with Gasteiger partial charge in [-0.15, -0.1) is 0 Å². The third-order valence-electron chi connectivity index (χ3n) is 3.35. The predicted octanol–water partition coefficient (Wildman–Crippen LogP) is 2.21. The van der Waals surface area contributed by atoms with Crippen LogP contribution < -0.4 is 5.32 Å². The van der Waals surface area contributed by atoms with Gasteiger partial charge in [0.2, 0.25) is 11.8 Å². The fraction of sp³-hybridized carbons (Fsp3) is 0.467. The van der Waals surface area contributed by atoms with Crippen molar-refractivity contribution in [2.75, 3.05) is 6.54 Å². The zero-order chi connectivity index (χ0) is 14.7. The maximum atomic E-state index is 12.1. The average molecular weight is 295 g/mol. The predicted molar refractivity (Wildman–Crippen MR) is 78.3 cm³/mol. The molecule has 1 atom stereocenters. The van der Waals surface area contributed by atoms with Gasteiger partial charge in [0.15, 0.2) is 0 Å². The number of piperazine rings is 1. The summed E-state index contributed by atoms with van der Waals surface area (Å²) in [4.78, 5) is 25.8. The van der Waals surface area contributed by atoms with E-state index in [0.717, 1.165) is 5.56 Å². The number of rotatable bonds is 4. The normalized spacial score (nSPS) is 19.4. The van der Waals surface area contributed by atoms with Crippen molar-refractivity contribution in [3.05, 3.63) is 34.9 Å². The van der Waals surface area contributed by atoms with Crippen LogP contribution in [0.4, 0.5) is 0 Å². The highest BCUT2D eigenvalue weighted by atomic mass is 35.5. The SMILES string of the molecule is CC(C)CC1C(=O)NCC(=O)N1Cc1cccc(Cl)c1. The maximum Gasteiger partial charge on any atom is 0.243 e. The summed E-state index contributed by atoms with van der Waals surface area (Å²) in [6.07, 6.45) is 0.665. The summed E-state index contributed by atoms with van der Waals surface area (Å²) in [6.45, 7) is 4.59. The summed E-state index contributed by atoms with van der Waals surface area (Å²) in [5, 5.41) is 3.29. The Morgan fingerprint density at radius 2 is 2.15 bits per heavy atom. The van der Waals surface area contributed by atoms with Crippen molar-refractivity contribution in [2.45, 2.75) is 32.9 Å². The van der Waals surface area contributed by atoms with Crippen molar-refractivity contribution in [1.29, 1.82) is 0 Å². The van der Waals surface area contributed by atoms with Crippen LogP contribution in [0.25, 0.3) is 0 Å². The van der Waals surface area contributed by atoms with Gasteiger partial charge in [0.05, 0.1) is 6.54 Å². The van der Waals surface area contributed by atoms with E-state index in [1.165, 1.54) is 0 Å². The van der Waals surface area contributed by atoms with Gasteiger partial charge in [0.25, 0.3) is 0 Å². The monoisotopic (exact) mass is 294 g/mol. The largest absolute Gasteiger partial charge is 0.345 e. The molecule has 1 aromatic carbocycles. The molecular formula is C15H19ClN2O2. The first kappa shape index (κ1) is 14.9. The van der Waals surface area contributed by atoms with Crippen LogP contribution in [-0.2, 0) is 16.1 Å². The Labute approximate surface area is 124 Å². The van der Waals surface area contributed by atoms with Crippen LogP contribution in [0.3, 0.4) is 0 Å². The summed E-state index contributed by atoms with van der Waals surface area (Å²) in [7, 11) is 0. The molecule has 2 amide bonds. The van der Waals surface area contributed by atoms with Crippen molar-refractivity contribution in [2.24, 2.45) is 5.92 Å². The van der Waals surface area contributed by atoms with Gasteiger partial charge < -0.3 is 10.2 Å². The first-order valence-corrected chi connectivity index (χ1v) is 7.17. The molecule has 20 heavy (non-hydrogen) atoms. The van der Waals surface area contributed by atoms with Crippen molar-refractivity contribution < 1.29 is 9.59 Å². The first-order chi connectivity index (χ1) is 9.47. The van der Waals surface area contributed by atoms with E-state index in [0.29, 0.717) is 23.9 Å². The van der Waals surface area contributed by atoms with Crippen LogP contribution in [0.1, 0.15) is 25.8 Å². The highest BCUT2D eigenvalue weighted by molar-refractivity contribution is 6.30. The summed E-state index contributed by atoms with van der Waals surface area (Å²) in [5.74, 6) is 0.231. The molecule has 0 saturated carbocycles. The van der Waals surface area contributed by atoms with E-state index in [4.69, 9.17) is 11.6 Å². The van der Waals surface area contributed by atoms with Crippen LogP contribution in [0, 0.1) is 5.92 Å². The number of nitrogens with zero attached hydrogens (tertiary/aromatic N) is 1. The second kappa shape index (κ2) is 6.27. The molecule has 1 aromatic rings. The van der Waals surface area contributed by atoms with Crippen molar-refractivity contribution in [1.82, 2.24) is 10.2 Å². The summed E-state index contributed by atoms with van der Waals surface area (Å²) >= 11 is 5.97. The zero-order valence-corrected chi connectivity index (χ0v) is 12.5. The van der Waals surface area contributed by atoms with Crippen molar-refractivity contribution in [3.63, 3.8) is 0 Å². The smallest absolute Gasteiger partial charge is 0.243 e. The van der Waals surface area contributed by atoms with Gasteiger partial charge in [-0.25, -0.2) is 0 Å². The Morgan fingerprint density at radius 1 is 1.40 bits per heavy atom. The van der Waals surface area contributed by atoms with Crippen LogP contribution in [-0.4, -0.2) is 29.3 Å². The van der Waals surface area contributed by atoms with Crippen LogP contribution in [0.15, 0.2) is 24.3 Å². The topological polar surface area (TPSA) is 49.4 Å². The van der Waals surface area contributed by atoms with Crippen LogP contribution in [0.5, 0.6) is 0 Å². The molecule has 1 N–H and O–H groups in total. The Balaban J connectivity index is 2.19. The van der Waals surface area contributed by atoms with Crippen molar-refractivity contribution >= 4 is 23.4 Å². The van der Waals surface area contributed by atoms with Gasteiger partial charge in [-0.05, 0) is 30.0 Å². The lowest BCUT2D eigenvalue weighted by Crippen LogP contribution is -2.58. The fourth-order valence-electron chi connectivity index (χ4n) is 2.41. The molecule has 1 unspecified atom stereocenters. The molecule has 4 nitrogen and oxygen atoms in total. The lowest BCUT2D eigenvalue weighted by atomic mass is 9.99. The molecule has 1 saturated heterocycles. The second-order valence-corrected chi connectivity index (χ2v) is 5.95. The Kier molecular flexibility index (Phi) is 4.65. The number of carbonyl (C=O) groups is 2. The molecular weight excluding hydrogens is 276 g/mol. The van der Waals surface area contributed by atoms with E-state index in [9.17, 15) is 9.59 Å². The molecule has 0 bridgehead atoms. The molecule has 1 fully saturated rings. The van der Waals surface area contributed by atoms with Gasteiger partial charge in [0.1, 0.15) is 6.04 Å². The molecule has 2 rings (SSSR count). The number of benzene rings is 1. The molecule has 0 aliphatic carbocycles. The molecule has 1 heterocycles. The number of hydrogen-bond donors (Lipinski definition) is 1. The van der Waals surface area contributed by atoms with E-state index in [1.807, 2.05) is 32.0 Å².